The molecule has 2 rings (SSSR count). The number of hydrogen-bond donors (Lipinski definition) is 1. The Kier molecular flexibility index (Phi) is 2.82. The monoisotopic (exact) mass is 194 g/mol. The fraction of sp³-hybridized carbons (Fsp3) is 0.800. The Balaban J connectivity index is 1.90. The van der Waals surface area contributed by atoms with Crippen LogP contribution >= 0.6 is 0 Å². The summed E-state index contributed by atoms with van der Waals surface area (Å²) in [6.45, 7) is 0. The third-order valence-electron chi connectivity index (χ3n) is 2.97. The van der Waals surface area contributed by atoms with E-state index in [4.69, 9.17) is 5.73 Å². The Bertz CT molecular complexity index is 294. The number of aryl methyl sites for hydroxylation is 1. The topological polar surface area (TPSA) is 56.7 Å². The Labute approximate surface area is 84.5 Å². The second-order valence-electron chi connectivity index (χ2n) is 4.32. The van der Waals surface area contributed by atoms with E-state index in [1.54, 1.807) is 4.80 Å². The summed E-state index contributed by atoms with van der Waals surface area (Å²) in [5.41, 5.74) is 7.05. The standard InChI is InChI=1S/C10H18N4/c1-14-12-7-10(13-14)6-8-3-2-4-9(11)5-8/h7-9H,2-6,11H2,1H3. The smallest absolute Gasteiger partial charge is 0.0829 e. The molecule has 1 fully saturated rings. The van der Waals surface area contributed by atoms with Gasteiger partial charge in [0.1, 0.15) is 0 Å². The zero-order chi connectivity index (χ0) is 9.97. The third-order valence-corrected chi connectivity index (χ3v) is 2.97. The fourth-order valence-electron chi connectivity index (χ4n) is 2.29. The predicted molar refractivity (Wildman–Crippen MR) is 54.6 cm³/mol. The van der Waals surface area contributed by atoms with Gasteiger partial charge < -0.3 is 5.73 Å². The Morgan fingerprint density at radius 1 is 1.57 bits per heavy atom. The van der Waals surface area contributed by atoms with Gasteiger partial charge in [0.2, 0.25) is 0 Å². The minimum absolute atomic E-state index is 0.408. The van der Waals surface area contributed by atoms with Gasteiger partial charge in [-0.1, -0.05) is 6.42 Å². The van der Waals surface area contributed by atoms with Crippen LogP contribution in [0.1, 0.15) is 31.4 Å². The van der Waals surface area contributed by atoms with Crippen LogP contribution in [0.25, 0.3) is 0 Å². The molecular formula is C10H18N4. The number of nitrogens with two attached hydrogens (primary N) is 1. The molecule has 4 nitrogen and oxygen atoms in total. The van der Waals surface area contributed by atoms with Gasteiger partial charge in [0.25, 0.3) is 0 Å². The van der Waals surface area contributed by atoms with E-state index in [1.165, 1.54) is 19.3 Å². The van der Waals surface area contributed by atoms with Gasteiger partial charge in [0.05, 0.1) is 11.9 Å². The molecule has 1 aromatic heterocycles. The summed E-state index contributed by atoms with van der Waals surface area (Å²) in [4.78, 5) is 1.62. The molecular weight excluding hydrogens is 176 g/mol. The molecule has 1 aliphatic rings. The first-order chi connectivity index (χ1) is 6.74. The lowest BCUT2D eigenvalue weighted by molar-refractivity contribution is 0.318. The second kappa shape index (κ2) is 4.09. The highest BCUT2D eigenvalue weighted by Gasteiger charge is 2.20. The average Bonchev–Trinajstić information content (AvgIpc) is 2.51. The summed E-state index contributed by atoms with van der Waals surface area (Å²) in [6.07, 6.45) is 7.81. The van der Waals surface area contributed by atoms with Crippen molar-refractivity contribution in [2.24, 2.45) is 18.7 Å². The van der Waals surface area contributed by atoms with Crippen LogP contribution in [0.3, 0.4) is 0 Å². The largest absolute Gasteiger partial charge is 0.328 e. The van der Waals surface area contributed by atoms with Gasteiger partial charge in [-0.3, -0.25) is 0 Å². The summed E-state index contributed by atoms with van der Waals surface area (Å²) in [5.74, 6) is 0.718. The summed E-state index contributed by atoms with van der Waals surface area (Å²) in [7, 11) is 1.86. The first-order valence-corrected chi connectivity index (χ1v) is 5.35. The third kappa shape index (κ3) is 2.32. The van der Waals surface area contributed by atoms with Crippen LogP contribution in [0.2, 0.25) is 0 Å². The zero-order valence-corrected chi connectivity index (χ0v) is 8.69. The zero-order valence-electron chi connectivity index (χ0n) is 8.69. The van der Waals surface area contributed by atoms with Crippen LogP contribution in [0.15, 0.2) is 6.20 Å². The van der Waals surface area contributed by atoms with Crippen LogP contribution in [-0.4, -0.2) is 21.0 Å². The van der Waals surface area contributed by atoms with E-state index in [-0.39, 0.29) is 0 Å². The summed E-state index contributed by atoms with van der Waals surface area (Å²) < 4.78 is 0. The van der Waals surface area contributed by atoms with E-state index in [1.807, 2.05) is 13.2 Å². The van der Waals surface area contributed by atoms with E-state index in [0.717, 1.165) is 24.5 Å². The first-order valence-electron chi connectivity index (χ1n) is 5.35. The molecule has 1 heterocycles. The van der Waals surface area contributed by atoms with E-state index in [0.29, 0.717) is 6.04 Å². The van der Waals surface area contributed by atoms with Gasteiger partial charge in [-0.2, -0.15) is 15.0 Å². The van der Waals surface area contributed by atoms with Gasteiger partial charge in [-0.05, 0) is 31.6 Å². The van der Waals surface area contributed by atoms with Crippen molar-refractivity contribution in [3.05, 3.63) is 11.9 Å². The Hall–Kier alpha value is -0.900. The van der Waals surface area contributed by atoms with E-state index in [2.05, 4.69) is 10.2 Å². The number of rotatable bonds is 2. The summed E-state index contributed by atoms with van der Waals surface area (Å²) >= 11 is 0. The molecule has 0 aromatic carbocycles. The molecule has 0 aliphatic heterocycles. The molecule has 14 heavy (non-hydrogen) atoms. The lowest BCUT2D eigenvalue weighted by atomic mass is 9.83. The minimum atomic E-state index is 0.408. The molecule has 0 amide bonds. The van der Waals surface area contributed by atoms with Crippen molar-refractivity contribution in [3.8, 4) is 0 Å². The molecule has 1 saturated carbocycles. The van der Waals surface area contributed by atoms with Crippen molar-refractivity contribution in [1.29, 1.82) is 0 Å². The normalized spacial score (nSPS) is 27.9. The van der Waals surface area contributed by atoms with Crippen LogP contribution in [0.5, 0.6) is 0 Å². The van der Waals surface area contributed by atoms with Crippen LogP contribution in [0, 0.1) is 5.92 Å². The molecule has 0 radical (unpaired) electrons. The maximum Gasteiger partial charge on any atom is 0.0829 e. The average molecular weight is 194 g/mol. The van der Waals surface area contributed by atoms with Gasteiger partial charge in [-0.15, -0.1) is 0 Å². The van der Waals surface area contributed by atoms with Gasteiger partial charge in [0.15, 0.2) is 0 Å². The van der Waals surface area contributed by atoms with Crippen molar-refractivity contribution in [2.45, 2.75) is 38.1 Å². The lowest BCUT2D eigenvalue weighted by Gasteiger charge is -2.25. The maximum absolute atomic E-state index is 5.94. The number of hydrogen-bond acceptors (Lipinski definition) is 3. The first kappa shape index (κ1) is 9.65. The highest BCUT2D eigenvalue weighted by atomic mass is 15.4. The number of nitrogens with zero attached hydrogens (tertiary/aromatic N) is 3. The molecule has 1 aliphatic carbocycles. The van der Waals surface area contributed by atoms with Crippen molar-refractivity contribution < 1.29 is 0 Å². The molecule has 78 valence electrons. The molecule has 0 spiro atoms. The van der Waals surface area contributed by atoms with Crippen molar-refractivity contribution in [1.82, 2.24) is 15.0 Å². The highest BCUT2D eigenvalue weighted by Crippen LogP contribution is 2.25. The van der Waals surface area contributed by atoms with Gasteiger partial charge >= 0.3 is 0 Å². The molecule has 2 N–H and O–H groups in total. The Morgan fingerprint density at radius 3 is 3.07 bits per heavy atom. The van der Waals surface area contributed by atoms with Crippen LogP contribution in [-0.2, 0) is 13.5 Å². The molecule has 2 atom stereocenters. The van der Waals surface area contributed by atoms with Crippen molar-refractivity contribution in [2.75, 3.05) is 0 Å². The molecule has 4 heteroatoms. The lowest BCUT2D eigenvalue weighted by Crippen LogP contribution is -2.28. The summed E-state index contributed by atoms with van der Waals surface area (Å²) in [6, 6.07) is 0.408. The highest BCUT2D eigenvalue weighted by molar-refractivity contribution is 4.94. The second-order valence-corrected chi connectivity index (χ2v) is 4.32. The maximum atomic E-state index is 5.94. The van der Waals surface area contributed by atoms with Gasteiger partial charge in [0, 0.05) is 13.1 Å². The van der Waals surface area contributed by atoms with E-state index < -0.39 is 0 Å². The quantitative estimate of drug-likeness (QED) is 0.760. The van der Waals surface area contributed by atoms with Crippen molar-refractivity contribution in [3.63, 3.8) is 0 Å². The number of aromatic nitrogens is 3. The van der Waals surface area contributed by atoms with Crippen molar-refractivity contribution >= 4 is 0 Å². The molecule has 1 aromatic rings. The fourth-order valence-corrected chi connectivity index (χ4v) is 2.29. The Morgan fingerprint density at radius 2 is 2.43 bits per heavy atom. The molecule has 2 unspecified atom stereocenters. The minimum Gasteiger partial charge on any atom is -0.328 e. The molecule has 0 bridgehead atoms. The molecule has 0 saturated heterocycles. The van der Waals surface area contributed by atoms with E-state index >= 15 is 0 Å². The van der Waals surface area contributed by atoms with Gasteiger partial charge in [-0.25, -0.2) is 0 Å². The summed E-state index contributed by atoms with van der Waals surface area (Å²) in [5, 5.41) is 8.37. The van der Waals surface area contributed by atoms with E-state index in [9.17, 15) is 0 Å². The predicted octanol–water partition coefficient (Wildman–Crippen LogP) is 0.875. The SMILES string of the molecule is Cn1ncc(CC2CCCC(N)C2)n1. The van der Waals surface area contributed by atoms with Crippen LogP contribution < -0.4 is 5.73 Å². The van der Waals surface area contributed by atoms with Crippen LogP contribution in [0.4, 0.5) is 0 Å².